The number of rotatable bonds is 9. The minimum absolute atomic E-state index is 0.0274. The van der Waals surface area contributed by atoms with E-state index in [1.54, 1.807) is 36.4 Å². The maximum absolute atomic E-state index is 13.0. The molecule has 1 aromatic heterocycles. The third kappa shape index (κ3) is 4.58. The third-order valence-electron chi connectivity index (χ3n) is 5.92. The van der Waals surface area contributed by atoms with Crippen LogP contribution in [0, 0.1) is 0 Å². The number of amides is 1. The zero-order valence-electron chi connectivity index (χ0n) is 18.3. The van der Waals surface area contributed by atoms with Gasteiger partial charge in [-0.1, -0.05) is 19.8 Å². The van der Waals surface area contributed by atoms with Crippen molar-refractivity contribution in [3.05, 3.63) is 59.6 Å². The molecule has 0 saturated carbocycles. The molecule has 0 aliphatic carbocycles. The van der Waals surface area contributed by atoms with E-state index in [9.17, 15) is 14.7 Å². The summed E-state index contributed by atoms with van der Waals surface area (Å²) in [4.78, 5) is 27.3. The summed E-state index contributed by atoms with van der Waals surface area (Å²) in [6, 6.07) is 9.51. The van der Waals surface area contributed by atoms with E-state index in [0.717, 1.165) is 32.1 Å². The molecule has 0 bridgehead atoms. The van der Waals surface area contributed by atoms with Crippen LogP contribution in [0.2, 0.25) is 0 Å². The van der Waals surface area contributed by atoms with Crippen LogP contribution < -0.4 is 4.74 Å². The maximum Gasteiger partial charge on any atom is 0.295 e. The van der Waals surface area contributed by atoms with Crippen LogP contribution in [0.15, 0.2) is 52.7 Å². The van der Waals surface area contributed by atoms with E-state index >= 15 is 0 Å². The Hall–Kier alpha value is -3.06. The summed E-state index contributed by atoms with van der Waals surface area (Å²) < 4.78 is 17.0. The number of hydrogen-bond acceptors (Lipinski definition) is 6. The summed E-state index contributed by atoms with van der Waals surface area (Å²) in [5.74, 6) is -0.475. The molecule has 1 aromatic carbocycles. The number of carbonyl (C=O) groups excluding carboxylic acids is 2. The Labute approximate surface area is 187 Å². The lowest BCUT2D eigenvalue weighted by molar-refractivity contribution is -0.141. The van der Waals surface area contributed by atoms with Gasteiger partial charge in [-0.3, -0.25) is 9.59 Å². The lowest BCUT2D eigenvalue weighted by atomic mass is 9.99. The molecule has 1 amide bonds. The fraction of sp³-hybridized carbons (Fsp3) is 0.440. The second kappa shape index (κ2) is 10.0. The number of hydrogen-bond donors (Lipinski definition) is 1. The van der Waals surface area contributed by atoms with Crippen molar-refractivity contribution in [2.24, 2.45) is 0 Å². The first-order chi connectivity index (χ1) is 15.6. The van der Waals surface area contributed by atoms with Gasteiger partial charge >= 0.3 is 0 Å². The Morgan fingerprint density at radius 1 is 1.19 bits per heavy atom. The molecule has 2 unspecified atom stereocenters. The van der Waals surface area contributed by atoms with E-state index in [1.807, 2.05) is 0 Å². The van der Waals surface area contributed by atoms with E-state index in [4.69, 9.17) is 13.9 Å². The van der Waals surface area contributed by atoms with Crippen LogP contribution in [0.1, 0.15) is 56.4 Å². The van der Waals surface area contributed by atoms with Crippen LogP contribution in [0.3, 0.4) is 0 Å². The molecule has 0 radical (unpaired) electrons. The van der Waals surface area contributed by atoms with Crippen molar-refractivity contribution in [2.45, 2.75) is 51.2 Å². The van der Waals surface area contributed by atoms with Crippen LogP contribution in [0.25, 0.3) is 5.76 Å². The van der Waals surface area contributed by atoms with Crippen molar-refractivity contribution in [1.82, 2.24) is 4.90 Å². The monoisotopic (exact) mass is 439 g/mol. The highest BCUT2D eigenvalue weighted by Gasteiger charge is 2.48. The van der Waals surface area contributed by atoms with Crippen LogP contribution in [-0.4, -0.2) is 47.6 Å². The van der Waals surface area contributed by atoms with Gasteiger partial charge in [-0.15, -0.1) is 0 Å². The molecule has 2 atom stereocenters. The first-order valence-electron chi connectivity index (χ1n) is 11.3. The highest BCUT2D eigenvalue weighted by molar-refractivity contribution is 6.46. The van der Waals surface area contributed by atoms with Gasteiger partial charge in [0.1, 0.15) is 23.3 Å². The first-order valence-corrected chi connectivity index (χ1v) is 11.3. The Balaban J connectivity index is 1.61. The Kier molecular flexibility index (Phi) is 6.95. The van der Waals surface area contributed by atoms with Crippen molar-refractivity contribution in [2.75, 3.05) is 19.8 Å². The lowest BCUT2D eigenvalue weighted by Crippen LogP contribution is -2.36. The van der Waals surface area contributed by atoms with Crippen molar-refractivity contribution in [3.63, 3.8) is 0 Å². The predicted molar refractivity (Wildman–Crippen MR) is 118 cm³/mol. The van der Waals surface area contributed by atoms with Gasteiger partial charge in [-0.25, -0.2) is 0 Å². The number of aliphatic hydroxyl groups is 1. The molecule has 3 heterocycles. The van der Waals surface area contributed by atoms with Gasteiger partial charge < -0.3 is 23.9 Å². The number of furan rings is 1. The van der Waals surface area contributed by atoms with Gasteiger partial charge in [0, 0.05) is 18.7 Å². The molecule has 2 aliphatic rings. The van der Waals surface area contributed by atoms with Gasteiger partial charge in [0.2, 0.25) is 0 Å². The van der Waals surface area contributed by atoms with Gasteiger partial charge in [0.25, 0.3) is 11.7 Å². The number of unbranched alkanes of at least 4 members (excludes halogenated alkanes) is 2. The summed E-state index contributed by atoms with van der Waals surface area (Å²) in [7, 11) is 0. The van der Waals surface area contributed by atoms with Crippen molar-refractivity contribution in [1.29, 1.82) is 0 Å². The van der Waals surface area contributed by atoms with Gasteiger partial charge in [0.05, 0.1) is 24.5 Å². The SMILES string of the molecule is CCCCCOc1ccc(/C(O)=C2/C(=O)C(=O)N(CC3CCCO3)C2c2ccco2)cc1. The number of carbonyl (C=O) groups is 2. The van der Waals surface area contributed by atoms with E-state index < -0.39 is 17.7 Å². The van der Waals surface area contributed by atoms with E-state index in [1.165, 1.54) is 11.2 Å². The molecular weight excluding hydrogens is 410 g/mol. The highest BCUT2D eigenvalue weighted by atomic mass is 16.5. The zero-order valence-corrected chi connectivity index (χ0v) is 18.3. The Morgan fingerprint density at radius 3 is 2.66 bits per heavy atom. The molecule has 0 spiro atoms. The molecular formula is C25H29NO6. The maximum atomic E-state index is 13.0. The Bertz CT molecular complexity index is 957. The summed E-state index contributed by atoms with van der Waals surface area (Å²) in [6.07, 6.45) is 6.33. The highest BCUT2D eigenvalue weighted by Crippen LogP contribution is 2.40. The van der Waals surface area contributed by atoms with E-state index in [2.05, 4.69) is 6.92 Å². The molecule has 32 heavy (non-hydrogen) atoms. The topological polar surface area (TPSA) is 89.2 Å². The predicted octanol–water partition coefficient (Wildman–Crippen LogP) is 4.45. The molecule has 1 N–H and O–H groups in total. The average Bonchev–Trinajstić information content (AvgIpc) is 3.56. The first kappa shape index (κ1) is 22.1. The summed E-state index contributed by atoms with van der Waals surface area (Å²) >= 11 is 0. The molecule has 7 heteroatoms. The number of nitrogens with zero attached hydrogens (tertiary/aromatic N) is 1. The number of ketones is 1. The fourth-order valence-corrected chi connectivity index (χ4v) is 4.23. The molecule has 2 fully saturated rings. The lowest BCUT2D eigenvalue weighted by Gasteiger charge is -2.25. The van der Waals surface area contributed by atoms with Crippen LogP contribution >= 0.6 is 0 Å². The van der Waals surface area contributed by atoms with Gasteiger partial charge in [-0.2, -0.15) is 0 Å². The van der Waals surface area contributed by atoms with Crippen LogP contribution in [0.4, 0.5) is 0 Å². The second-order valence-electron chi connectivity index (χ2n) is 8.18. The second-order valence-corrected chi connectivity index (χ2v) is 8.18. The summed E-state index contributed by atoms with van der Waals surface area (Å²) in [6.45, 7) is 3.69. The largest absolute Gasteiger partial charge is 0.507 e. The minimum atomic E-state index is -0.792. The summed E-state index contributed by atoms with van der Waals surface area (Å²) in [5, 5.41) is 11.1. The zero-order chi connectivity index (χ0) is 22.5. The number of ether oxygens (including phenoxy) is 2. The smallest absolute Gasteiger partial charge is 0.295 e. The number of benzene rings is 1. The van der Waals surface area contributed by atoms with E-state index in [-0.39, 0.29) is 24.0 Å². The quantitative estimate of drug-likeness (QED) is 0.269. The number of likely N-dealkylation sites (tertiary alicyclic amines) is 1. The third-order valence-corrected chi connectivity index (χ3v) is 5.92. The molecule has 2 aromatic rings. The molecule has 2 saturated heterocycles. The standard InChI is InChI=1S/C25H29NO6/c1-2-3-4-13-30-18-11-9-17(10-12-18)23(27)21-22(20-8-6-15-32-20)26(25(29)24(21)28)16-19-7-5-14-31-19/h6,8-12,15,19,22,27H,2-5,7,13-14,16H2,1H3/b23-21-. The summed E-state index contributed by atoms with van der Waals surface area (Å²) in [5.41, 5.74) is 0.470. The van der Waals surface area contributed by atoms with Crippen LogP contribution in [0.5, 0.6) is 5.75 Å². The van der Waals surface area contributed by atoms with Gasteiger partial charge in [-0.05, 0) is 55.7 Å². The fourth-order valence-electron chi connectivity index (χ4n) is 4.23. The molecule has 4 rings (SSSR count). The van der Waals surface area contributed by atoms with Crippen LogP contribution in [-0.2, 0) is 14.3 Å². The normalized spacial score (nSPS) is 22.6. The van der Waals surface area contributed by atoms with Crippen molar-refractivity contribution in [3.8, 4) is 5.75 Å². The van der Waals surface area contributed by atoms with Gasteiger partial charge in [0.15, 0.2) is 0 Å². The van der Waals surface area contributed by atoms with Crippen molar-refractivity contribution < 1.29 is 28.6 Å². The van der Waals surface area contributed by atoms with Crippen molar-refractivity contribution >= 4 is 17.4 Å². The number of aliphatic hydroxyl groups excluding tert-OH is 1. The minimum Gasteiger partial charge on any atom is -0.507 e. The average molecular weight is 440 g/mol. The Morgan fingerprint density at radius 2 is 2.00 bits per heavy atom. The van der Waals surface area contributed by atoms with E-state index in [0.29, 0.717) is 30.3 Å². The molecule has 2 aliphatic heterocycles. The molecule has 170 valence electrons. The number of Topliss-reactive ketones (excluding diaryl/α,β-unsaturated/α-hetero) is 1. The molecule has 7 nitrogen and oxygen atoms in total.